The molecule has 6 heteroatoms. The zero-order valence-corrected chi connectivity index (χ0v) is 14.8. The lowest BCUT2D eigenvalue weighted by Gasteiger charge is -2.06. The summed E-state index contributed by atoms with van der Waals surface area (Å²) in [5.74, 6) is 1.24. The molecule has 0 bridgehead atoms. The highest BCUT2D eigenvalue weighted by Gasteiger charge is 2.13. The van der Waals surface area contributed by atoms with Crippen LogP contribution in [0.15, 0.2) is 70.0 Å². The van der Waals surface area contributed by atoms with Gasteiger partial charge in [-0.25, -0.2) is 0 Å². The van der Waals surface area contributed by atoms with E-state index in [0.717, 1.165) is 10.7 Å². The van der Waals surface area contributed by atoms with E-state index < -0.39 is 0 Å². The standard InChI is InChI=1S/C18H13Cl2NO2S/c19-12-6-8-15(20)16(10-12)21-18(22)17-9-7-13(23-17)11-24-14-4-2-1-3-5-14/h1-10H,11H2,(H,21,22). The number of rotatable bonds is 5. The highest BCUT2D eigenvalue weighted by atomic mass is 35.5. The van der Waals surface area contributed by atoms with Crippen LogP contribution in [-0.4, -0.2) is 5.91 Å². The molecular weight excluding hydrogens is 365 g/mol. The van der Waals surface area contributed by atoms with Gasteiger partial charge in [-0.1, -0.05) is 41.4 Å². The summed E-state index contributed by atoms with van der Waals surface area (Å²) >= 11 is 13.6. The van der Waals surface area contributed by atoms with E-state index in [1.807, 2.05) is 30.3 Å². The van der Waals surface area contributed by atoms with Gasteiger partial charge in [0.05, 0.1) is 16.5 Å². The summed E-state index contributed by atoms with van der Waals surface area (Å²) in [7, 11) is 0. The van der Waals surface area contributed by atoms with Crippen molar-refractivity contribution in [3.05, 3.63) is 82.2 Å². The second kappa shape index (κ2) is 7.79. The van der Waals surface area contributed by atoms with E-state index in [2.05, 4.69) is 5.32 Å². The van der Waals surface area contributed by atoms with Gasteiger partial charge in [0.15, 0.2) is 5.76 Å². The van der Waals surface area contributed by atoms with Crippen molar-refractivity contribution < 1.29 is 9.21 Å². The van der Waals surface area contributed by atoms with Gasteiger partial charge in [-0.05, 0) is 42.5 Å². The Hall–Kier alpha value is -1.88. The van der Waals surface area contributed by atoms with Crippen LogP contribution in [0.3, 0.4) is 0 Å². The molecule has 0 radical (unpaired) electrons. The molecule has 0 unspecified atom stereocenters. The van der Waals surface area contributed by atoms with Crippen LogP contribution in [0.5, 0.6) is 0 Å². The van der Waals surface area contributed by atoms with E-state index >= 15 is 0 Å². The van der Waals surface area contributed by atoms with Crippen molar-refractivity contribution in [2.45, 2.75) is 10.6 Å². The third kappa shape index (κ3) is 4.35. The van der Waals surface area contributed by atoms with Crippen LogP contribution in [0.1, 0.15) is 16.3 Å². The number of nitrogens with one attached hydrogen (secondary N) is 1. The minimum Gasteiger partial charge on any atom is -0.455 e. The number of benzene rings is 2. The summed E-state index contributed by atoms with van der Waals surface area (Å²) in [5, 5.41) is 3.61. The Labute approximate surface area is 154 Å². The van der Waals surface area contributed by atoms with Crippen molar-refractivity contribution in [1.82, 2.24) is 0 Å². The lowest BCUT2D eigenvalue weighted by molar-refractivity contribution is 0.0995. The number of carbonyl (C=O) groups is 1. The van der Waals surface area contributed by atoms with Gasteiger partial charge in [0, 0.05) is 9.92 Å². The van der Waals surface area contributed by atoms with E-state index in [9.17, 15) is 4.79 Å². The maximum absolute atomic E-state index is 12.3. The molecule has 0 saturated heterocycles. The molecule has 1 N–H and O–H groups in total. The Morgan fingerprint density at radius 3 is 2.62 bits per heavy atom. The van der Waals surface area contributed by atoms with Gasteiger partial charge in [0.25, 0.3) is 5.91 Å². The quantitative estimate of drug-likeness (QED) is 0.543. The lowest BCUT2D eigenvalue weighted by atomic mass is 10.3. The first kappa shape index (κ1) is 17.0. The fourth-order valence-electron chi connectivity index (χ4n) is 2.03. The Morgan fingerprint density at radius 2 is 1.83 bits per heavy atom. The van der Waals surface area contributed by atoms with Crippen molar-refractivity contribution in [1.29, 1.82) is 0 Å². The van der Waals surface area contributed by atoms with E-state index in [4.69, 9.17) is 27.6 Å². The van der Waals surface area contributed by atoms with Gasteiger partial charge < -0.3 is 9.73 Å². The van der Waals surface area contributed by atoms with E-state index in [-0.39, 0.29) is 11.7 Å². The first-order chi connectivity index (χ1) is 11.6. The number of hydrogen-bond donors (Lipinski definition) is 1. The van der Waals surface area contributed by atoms with Crippen LogP contribution in [-0.2, 0) is 5.75 Å². The molecule has 122 valence electrons. The smallest absolute Gasteiger partial charge is 0.291 e. The highest BCUT2D eigenvalue weighted by molar-refractivity contribution is 7.98. The fraction of sp³-hybridized carbons (Fsp3) is 0.0556. The SMILES string of the molecule is O=C(Nc1cc(Cl)ccc1Cl)c1ccc(CSc2ccccc2)o1. The highest BCUT2D eigenvalue weighted by Crippen LogP contribution is 2.27. The summed E-state index contributed by atoms with van der Waals surface area (Å²) in [6.07, 6.45) is 0. The molecule has 0 saturated carbocycles. The van der Waals surface area contributed by atoms with Gasteiger partial charge in [-0.3, -0.25) is 4.79 Å². The maximum Gasteiger partial charge on any atom is 0.291 e. The molecular formula is C18H13Cl2NO2S. The third-order valence-corrected chi connectivity index (χ3v) is 4.79. The largest absolute Gasteiger partial charge is 0.455 e. The Balaban J connectivity index is 1.64. The van der Waals surface area contributed by atoms with Crippen molar-refractivity contribution >= 4 is 46.6 Å². The van der Waals surface area contributed by atoms with Gasteiger partial charge >= 0.3 is 0 Å². The van der Waals surface area contributed by atoms with Gasteiger partial charge in [0.1, 0.15) is 5.76 Å². The van der Waals surface area contributed by atoms with Crippen molar-refractivity contribution in [2.75, 3.05) is 5.32 Å². The molecule has 24 heavy (non-hydrogen) atoms. The number of anilines is 1. The first-order valence-electron chi connectivity index (χ1n) is 7.15. The summed E-state index contributed by atoms with van der Waals surface area (Å²) < 4.78 is 5.60. The first-order valence-corrected chi connectivity index (χ1v) is 8.89. The second-order valence-corrected chi connectivity index (χ2v) is 6.84. The summed E-state index contributed by atoms with van der Waals surface area (Å²) in [5.41, 5.74) is 0.450. The monoisotopic (exact) mass is 377 g/mol. The molecule has 3 rings (SSSR count). The number of carbonyl (C=O) groups excluding carboxylic acids is 1. The Bertz CT molecular complexity index is 849. The molecule has 3 aromatic rings. The van der Waals surface area contributed by atoms with Crippen LogP contribution in [0.25, 0.3) is 0 Å². The topological polar surface area (TPSA) is 42.2 Å². The molecule has 0 aliphatic heterocycles. The fourth-order valence-corrected chi connectivity index (χ4v) is 3.18. The molecule has 1 aromatic heterocycles. The zero-order chi connectivity index (χ0) is 16.9. The minimum atomic E-state index is -0.366. The number of hydrogen-bond acceptors (Lipinski definition) is 3. The normalized spacial score (nSPS) is 10.6. The summed E-state index contributed by atoms with van der Waals surface area (Å²) in [6.45, 7) is 0. The lowest BCUT2D eigenvalue weighted by Crippen LogP contribution is -2.11. The van der Waals surface area contributed by atoms with E-state index in [0.29, 0.717) is 21.5 Å². The molecule has 2 aromatic carbocycles. The summed E-state index contributed by atoms with van der Waals surface area (Å²) in [4.78, 5) is 13.4. The Morgan fingerprint density at radius 1 is 1.04 bits per heavy atom. The molecule has 0 aliphatic rings. The average Bonchev–Trinajstić information content (AvgIpc) is 3.06. The zero-order valence-electron chi connectivity index (χ0n) is 12.5. The maximum atomic E-state index is 12.3. The third-order valence-electron chi connectivity index (χ3n) is 3.19. The molecule has 1 amide bonds. The van der Waals surface area contributed by atoms with Gasteiger partial charge in [-0.15, -0.1) is 11.8 Å². The molecule has 0 aliphatic carbocycles. The van der Waals surface area contributed by atoms with E-state index in [1.54, 1.807) is 42.1 Å². The summed E-state index contributed by atoms with van der Waals surface area (Å²) in [6, 6.07) is 18.3. The van der Waals surface area contributed by atoms with Crippen molar-refractivity contribution in [3.8, 4) is 0 Å². The van der Waals surface area contributed by atoms with Crippen LogP contribution in [0.4, 0.5) is 5.69 Å². The minimum absolute atomic E-state index is 0.231. The molecule has 0 spiro atoms. The predicted molar refractivity (Wildman–Crippen MR) is 99.1 cm³/mol. The van der Waals surface area contributed by atoms with Crippen LogP contribution < -0.4 is 5.32 Å². The average molecular weight is 378 g/mol. The van der Waals surface area contributed by atoms with Crippen molar-refractivity contribution in [3.63, 3.8) is 0 Å². The number of halogens is 2. The van der Waals surface area contributed by atoms with Crippen LogP contribution >= 0.6 is 35.0 Å². The number of furan rings is 1. The van der Waals surface area contributed by atoms with Gasteiger partial charge in [-0.2, -0.15) is 0 Å². The van der Waals surface area contributed by atoms with Crippen LogP contribution in [0.2, 0.25) is 10.0 Å². The van der Waals surface area contributed by atoms with Gasteiger partial charge in [0.2, 0.25) is 0 Å². The second-order valence-electron chi connectivity index (χ2n) is 4.95. The van der Waals surface area contributed by atoms with Crippen molar-refractivity contribution in [2.24, 2.45) is 0 Å². The van der Waals surface area contributed by atoms with E-state index in [1.165, 1.54) is 0 Å². The Kier molecular flexibility index (Phi) is 5.51. The predicted octanol–water partition coefficient (Wildman–Crippen LogP) is 6.13. The number of amides is 1. The molecule has 0 fully saturated rings. The molecule has 3 nitrogen and oxygen atoms in total. The molecule has 1 heterocycles. The molecule has 0 atom stereocenters. The number of thioether (sulfide) groups is 1. The van der Waals surface area contributed by atoms with Crippen LogP contribution in [0, 0.1) is 0 Å².